The number of hydrogen-bond acceptors (Lipinski definition) is 3. The molecule has 0 atom stereocenters. The third-order valence-corrected chi connectivity index (χ3v) is 1.61. The Hall–Kier alpha value is -1.09. The van der Waals surface area contributed by atoms with Gasteiger partial charge in [-0.15, -0.1) is 0 Å². The van der Waals surface area contributed by atoms with Gasteiger partial charge in [-0.25, -0.2) is 4.98 Å². The van der Waals surface area contributed by atoms with Gasteiger partial charge in [0, 0.05) is 19.8 Å². The normalized spacial score (nSPS) is 9.73. The van der Waals surface area contributed by atoms with Gasteiger partial charge in [-0.3, -0.25) is 0 Å². The molecule has 3 nitrogen and oxygen atoms in total. The first-order valence-electron chi connectivity index (χ1n) is 3.61. The van der Waals surface area contributed by atoms with Crippen molar-refractivity contribution in [3.63, 3.8) is 0 Å². The predicted octanol–water partition coefficient (Wildman–Crippen LogP) is 0.890. The summed E-state index contributed by atoms with van der Waals surface area (Å²) in [4.78, 5) is 4.18. The van der Waals surface area contributed by atoms with Crippen LogP contribution in [0.4, 0.5) is 5.82 Å². The maximum Gasteiger partial charge on any atom is 0.128 e. The Balaban J connectivity index is 2.99. The summed E-state index contributed by atoms with van der Waals surface area (Å²) in [6.07, 6.45) is 1.79. The van der Waals surface area contributed by atoms with Crippen molar-refractivity contribution in [1.82, 2.24) is 4.98 Å². The van der Waals surface area contributed by atoms with Crippen LogP contribution in [0.25, 0.3) is 0 Å². The number of anilines is 1. The van der Waals surface area contributed by atoms with E-state index in [2.05, 4.69) is 10.3 Å². The van der Waals surface area contributed by atoms with Gasteiger partial charge >= 0.3 is 0 Å². The lowest BCUT2D eigenvalue weighted by molar-refractivity contribution is 1.04. The van der Waals surface area contributed by atoms with Crippen LogP contribution in [-0.4, -0.2) is 12.0 Å². The topological polar surface area (TPSA) is 50.9 Å². The number of rotatable bonds is 2. The van der Waals surface area contributed by atoms with Gasteiger partial charge in [-0.2, -0.15) is 0 Å². The summed E-state index contributed by atoms with van der Waals surface area (Å²) in [5.41, 5.74) is 7.66. The zero-order valence-electron chi connectivity index (χ0n) is 6.89. The summed E-state index contributed by atoms with van der Waals surface area (Å²) < 4.78 is 0. The molecule has 0 unspecified atom stereocenters. The second-order valence-corrected chi connectivity index (χ2v) is 2.46. The molecule has 0 radical (unpaired) electrons. The van der Waals surface area contributed by atoms with E-state index in [4.69, 9.17) is 5.73 Å². The molecule has 1 aromatic heterocycles. The summed E-state index contributed by atoms with van der Waals surface area (Å²) in [7, 11) is 1.86. The van der Waals surface area contributed by atoms with Crippen molar-refractivity contribution in [3.8, 4) is 0 Å². The van der Waals surface area contributed by atoms with E-state index in [-0.39, 0.29) is 0 Å². The number of aryl methyl sites for hydroxylation is 1. The lowest BCUT2D eigenvalue weighted by Crippen LogP contribution is -2.01. The van der Waals surface area contributed by atoms with Crippen molar-refractivity contribution in [2.24, 2.45) is 5.73 Å². The Morgan fingerprint density at radius 2 is 2.36 bits per heavy atom. The molecule has 0 saturated carbocycles. The molecule has 3 N–H and O–H groups in total. The minimum Gasteiger partial charge on any atom is -0.373 e. The Labute approximate surface area is 66.6 Å². The van der Waals surface area contributed by atoms with E-state index in [1.54, 1.807) is 6.20 Å². The van der Waals surface area contributed by atoms with Crippen LogP contribution in [-0.2, 0) is 6.54 Å². The van der Waals surface area contributed by atoms with E-state index >= 15 is 0 Å². The molecular weight excluding hydrogens is 138 g/mol. The molecule has 0 aliphatic heterocycles. The van der Waals surface area contributed by atoms with Crippen molar-refractivity contribution in [2.75, 3.05) is 12.4 Å². The number of nitrogens with zero attached hydrogens (tertiary/aromatic N) is 1. The van der Waals surface area contributed by atoms with Crippen LogP contribution < -0.4 is 11.1 Å². The molecule has 0 fully saturated rings. The van der Waals surface area contributed by atoms with Crippen LogP contribution in [0.3, 0.4) is 0 Å². The molecule has 60 valence electrons. The summed E-state index contributed by atoms with van der Waals surface area (Å²) >= 11 is 0. The Morgan fingerprint density at radius 1 is 1.64 bits per heavy atom. The number of hydrogen-bond donors (Lipinski definition) is 2. The molecule has 0 amide bonds. The van der Waals surface area contributed by atoms with Crippen molar-refractivity contribution in [3.05, 3.63) is 23.4 Å². The van der Waals surface area contributed by atoms with Crippen molar-refractivity contribution >= 4 is 5.82 Å². The summed E-state index contributed by atoms with van der Waals surface area (Å²) in [5, 5.41) is 2.99. The molecule has 0 aromatic carbocycles. The molecule has 0 aliphatic carbocycles. The van der Waals surface area contributed by atoms with Gasteiger partial charge in [0.05, 0.1) is 0 Å². The maximum absolute atomic E-state index is 5.45. The minimum atomic E-state index is 0.553. The summed E-state index contributed by atoms with van der Waals surface area (Å²) in [6.45, 7) is 2.57. The van der Waals surface area contributed by atoms with Gasteiger partial charge in [0.25, 0.3) is 0 Å². The first-order chi connectivity index (χ1) is 5.27. The first kappa shape index (κ1) is 8.01. The van der Waals surface area contributed by atoms with Crippen LogP contribution in [0.2, 0.25) is 0 Å². The lowest BCUT2D eigenvalue weighted by atomic mass is 10.2. The second kappa shape index (κ2) is 3.34. The third kappa shape index (κ3) is 1.68. The highest BCUT2D eigenvalue weighted by molar-refractivity contribution is 5.43. The van der Waals surface area contributed by atoms with E-state index in [1.165, 1.54) is 0 Å². The van der Waals surface area contributed by atoms with E-state index in [9.17, 15) is 0 Å². The van der Waals surface area contributed by atoms with Gasteiger partial charge in [0.2, 0.25) is 0 Å². The van der Waals surface area contributed by atoms with Gasteiger partial charge < -0.3 is 11.1 Å². The van der Waals surface area contributed by atoms with Crippen molar-refractivity contribution in [2.45, 2.75) is 13.5 Å². The molecule has 1 heterocycles. The average Bonchev–Trinajstić information content (AvgIpc) is 2.04. The van der Waals surface area contributed by atoms with Crippen molar-refractivity contribution < 1.29 is 0 Å². The van der Waals surface area contributed by atoms with E-state index in [0.717, 1.165) is 16.9 Å². The highest BCUT2D eigenvalue weighted by atomic mass is 15.0. The minimum absolute atomic E-state index is 0.553. The Kier molecular flexibility index (Phi) is 2.44. The number of nitrogens with two attached hydrogens (primary N) is 1. The quantitative estimate of drug-likeness (QED) is 0.660. The zero-order chi connectivity index (χ0) is 8.27. The molecular formula is C8H13N3. The summed E-state index contributed by atoms with van der Waals surface area (Å²) in [5.74, 6) is 0.919. The summed E-state index contributed by atoms with van der Waals surface area (Å²) in [6, 6.07) is 2.04. The highest BCUT2D eigenvalue weighted by Gasteiger charge is 1.96. The Bertz CT molecular complexity index is 245. The average molecular weight is 151 g/mol. The SMILES string of the molecule is CNc1ncc(CN)cc1C. The number of aromatic nitrogens is 1. The standard InChI is InChI=1S/C8H13N3/c1-6-3-7(4-9)5-11-8(6)10-2/h3,5H,4,9H2,1-2H3,(H,10,11). The molecule has 0 saturated heterocycles. The van der Waals surface area contributed by atoms with Gasteiger partial charge in [-0.1, -0.05) is 0 Å². The molecule has 11 heavy (non-hydrogen) atoms. The van der Waals surface area contributed by atoms with Crippen LogP contribution >= 0.6 is 0 Å². The number of nitrogens with one attached hydrogen (secondary N) is 1. The first-order valence-corrected chi connectivity index (χ1v) is 3.61. The van der Waals surface area contributed by atoms with Crippen LogP contribution in [0, 0.1) is 6.92 Å². The molecule has 0 aliphatic rings. The fourth-order valence-corrected chi connectivity index (χ4v) is 1.01. The van der Waals surface area contributed by atoms with Crippen LogP contribution in [0.15, 0.2) is 12.3 Å². The molecule has 0 spiro atoms. The lowest BCUT2D eigenvalue weighted by Gasteiger charge is -2.04. The second-order valence-electron chi connectivity index (χ2n) is 2.46. The highest BCUT2D eigenvalue weighted by Crippen LogP contribution is 2.10. The molecule has 3 heteroatoms. The fraction of sp³-hybridized carbons (Fsp3) is 0.375. The van der Waals surface area contributed by atoms with Crippen molar-refractivity contribution in [1.29, 1.82) is 0 Å². The van der Waals surface area contributed by atoms with Gasteiger partial charge in [0.1, 0.15) is 5.82 Å². The maximum atomic E-state index is 5.45. The van der Waals surface area contributed by atoms with Gasteiger partial charge in [-0.05, 0) is 24.1 Å². The molecule has 0 bridgehead atoms. The van der Waals surface area contributed by atoms with Crippen LogP contribution in [0.5, 0.6) is 0 Å². The molecule has 1 aromatic rings. The zero-order valence-corrected chi connectivity index (χ0v) is 6.89. The van der Waals surface area contributed by atoms with E-state index in [1.807, 2.05) is 20.0 Å². The van der Waals surface area contributed by atoms with E-state index < -0.39 is 0 Å². The smallest absolute Gasteiger partial charge is 0.128 e. The van der Waals surface area contributed by atoms with Crippen LogP contribution in [0.1, 0.15) is 11.1 Å². The third-order valence-electron chi connectivity index (χ3n) is 1.61. The Morgan fingerprint density at radius 3 is 2.82 bits per heavy atom. The number of pyridine rings is 1. The largest absolute Gasteiger partial charge is 0.373 e. The predicted molar refractivity (Wildman–Crippen MR) is 46.4 cm³/mol. The van der Waals surface area contributed by atoms with Gasteiger partial charge in [0.15, 0.2) is 0 Å². The molecule has 1 rings (SSSR count). The monoisotopic (exact) mass is 151 g/mol. The van der Waals surface area contributed by atoms with E-state index in [0.29, 0.717) is 6.54 Å². The fourth-order valence-electron chi connectivity index (χ4n) is 1.01.